The largest absolute Gasteiger partial charge is 0.392 e. The molecule has 0 fully saturated rings. The summed E-state index contributed by atoms with van der Waals surface area (Å²) in [6, 6.07) is 1.10. The molecule has 1 aromatic rings. The van der Waals surface area contributed by atoms with Gasteiger partial charge in [0.1, 0.15) is 5.69 Å². The van der Waals surface area contributed by atoms with Crippen molar-refractivity contribution in [1.82, 2.24) is 15.5 Å². The molecule has 78 valence electrons. The summed E-state index contributed by atoms with van der Waals surface area (Å²) in [5.74, 6) is -0.279. The molecular formula is C8H14N4O2. The summed E-state index contributed by atoms with van der Waals surface area (Å²) >= 11 is 0. The van der Waals surface area contributed by atoms with Gasteiger partial charge >= 0.3 is 0 Å². The summed E-state index contributed by atoms with van der Waals surface area (Å²) in [4.78, 5) is 11.3. The number of hydrogen-bond donors (Lipinski definition) is 4. The first-order chi connectivity index (χ1) is 6.61. The van der Waals surface area contributed by atoms with Crippen LogP contribution >= 0.6 is 0 Å². The zero-order valence-corrected chi connectivity index (χ0v) is 7.90. The minimum atomic E-state index is -0.642. The fraction of sp³-hybridized carbons (Fsp3) is 0.500. The van der Waals surface area contributed by atoms with Crippen LogP contribution in [0.25, 0.3) is 0 Å². The van der Waals surface area contributed by atoms with E-state index >= 15 is 0 Å². The SMILES string of the molecule is CC(O)C(N)CNC(=O)c1ccn[nH]1. The van der Waals surface area contributed by atoms with Crippen LogP contribution in [0.3, 0.4) is 0 Å². The van der Waals surface area contributed by atoms with Gasteiger partial charge < -0.3 is 16.2 Å². The van der Waals surface area contributed by atoms with Crippen LogP contribution in [-0.4, -0.2) is 39.9 Å². The van der Waals surface area contributed by atoms with Crippen molar-refractivity contribution in [2.45, 2.75) is 19.1 Å². The Hall–Kier alpha value is -1.40. The van der Waals surface area contributed by atoms with E-state index in [9.17, 15) is 4.79 Å². The van der Waals surface area contributed by atoms with Gasteiger partial charge in [-0.15, -0.1) is 0 Å². The predicted octanol–water partition coefficient (Wildman–Crippen LogP) is -1.15. The fourth-order valence-corrected chi connectivity index (χ4v) is 0.859. The second kappa shape index (κ2) is 4.73. The summed E-state index contributed by atoms with van der Waals surface area (Å²) in [6.07, 6.45) is 0.848. The lowest BCUT2D eigenvalue weighted by Crippen LogP contribution is -2.43. The molecule has 0 saturated heterocycles. The van der Waals surface area contributed by atoms with Crippen LogP contribution in [0, 0.1) is 0 Å². The monoisotopic (exact) mass is 198 g/mol. The number of carbonyl (C=O) groups excluding carboxylic acids is 1. The normalized spacial score (nSPS) is 14.8. The summed E-state index contributed by atoms with van der Waals surface area (Å²) < 4.78 is 0. The lowest BCUT2D eigenvalue weighted by atomic mass is 10.2. The summed E-state index contributed by atoms with van der Waals surface area (Å²) in [5.41, 5.74) is 5.91. The number of hydrogen-bond acceptors (Lipinski definition) is 4. The fourth-order valence-electron chi connectivity index (χ4n) is 0.859. The van der Waals surface area contributed by atoms with Crippen LogP contribution in [0.15, 0.2) is 12.3 Å². The van der Waals surface area contributed by atoms with Crippen LogP contribution in [0.1, 0.15) is 17.4 Å². The zero-order valence-electron chi connectivity index (χ0n) is 7.90. The Bertz CT molecular complexity index is 284. The molecule has 0 aliphatic heterocycles. The summed E-state index contributed by atoms with van der Waals surface area (Å²) in [5, 5.41) is 17.8. The lowest BCUT2D eigenvalue weighted by molar-refractivity contribution is 0.0932. The molecule has 1 heterocycles. The molecular weight excluding hydrogens is 184 g/mol. The Morgan fingerprint density at radius 3 is 3.07 bits per heavy atom. The van der Waals surface area contributed by atoms with Crippen molar-refractivity contribution < 1.29 is 9.90 Å². The molecule has 0 aliphatic carbocycles. The van der Waals surface area contributed by atoms with Gasteiger partial charge in [-0.2, -0.15) is 5.10 Å². The number of nitrogens with two attached hydrogens (primary N) is 1. The van der Waals surface area contributed by atoms with Gasteiger partial charge in [0.25, 0.3) is 5.91 Å². The van der Waals surface area contributed by atoms with Crippen molar-refractivity contribution >= 4 is 5.91 Å². The Kier molecular flexibility index (Phi) is 3.61. The van der Waals surface area contributed by atoms with E-state index in [4.69, 9.17) is 10.8 Å². The van der Waals surface area contributed by atoms with Crippen molar-refractivity contribution in [2.24, 2.45) is 5.73 Å². The van der Waals surface area contributed by atoms with Crippen molar-refractivity contribution in [3.8, 4) is 0 Å². The molecule has 0 radical (unpaired) electrons. The number of rotatable bonds is 4. The predicted molar refractivity (Wildman–Crippen MR) is 50.6 cm³/mol. The zero-order chi connectivity index (χ0) is 10.6. The highest BCUT2D eigenvalue weighted by Gasteiger charge is 2.12. The molecule has 2 atom stereocenters. The maximum atomic E-state index is 11.3. The van der Waals surface area contributed by atoms with Gasteiger partial charge in [0, 0.05) is 18.8 Å². The molecule has 1 amide bonds. The van der Waals surface area contributed by atoms with Gasteiger partial charge in [0.05, 0.1) is 6.10 Å². The second-order valence-electron chi connectivity index (χ2n) is 3.08. The third-order valence-electron chi connectivity index (χ3n) is 1.86. The molecule has 0 spiro atoms. The average Bonchev–Trinajstić information content (AvgIpc) is 2.66. The van der Waals surface area contributed by atoms with E-state index in [1.807, 2.05) is 0 Å². The number of H-pyrrole nitrogens is 1. The number of nitrogens with one attached hydrogen (secondary N) is 2. The second-order valence-corrected chi connectivity index (χ2v) is 3.08. The van der Waals surface area contributed by atoms with E-state index in [2.05, 4.69) is 15.5 Å². The quantitative estimate of drug-likeness (QED) is 0.490. The van der Waals surface area contributed by atoms with E-state index in [-0.39, 0.29) is 12.5 Å². The number of carbonyl (C=O) groups is 1. The Morgan fingerprint density at radius 2 is 2.57 bits per heavy atom. The molecule has 5 N–H and O–H groups in total. The molecule has 1 aromatic heterocycles. The number of nitrogens with zero attached hydrogens (tertiary/aromatic N) is 1. The van der Waals surface area contributed by atoms with Crippen LogP contribution in [0.4, 0.5) is 0 Å². The van der Waals surface area contributed by atoms with Crippen molar-refractivity contribution in [1.29, 1.82) is 0 Å². The Labute approximate surface area is 81.5 Å². The molecule has 0 bridgehead atoms. The highest BCUT2D eigenvalue weighted by atomic mass is 16.3. The first-order valence-electron chi connectivity index (χ1n) is 4.32. The van der Waals surface area contributed by atoms with Gasteiger partial charge in [-0.3, -0.25) is 9.89 Å². The Balaban J connectivity index is 2.36. The van der Waals surface area contributed by atoms with Gasteiger partial charge in [-0.05, 0) is 13.0 Å². The van der Waals surface area contributed by atoms with E-state index in [1.54, 1.807) is 13.0 Å². The van der Waals surface area contributed by atoms with Crippen molar-refractivity contribution in [2.75, 3.05) is 6.54 Å². The molecule has 0 saturated carbocycles. The highest BCUT2D eigenvalue weighted by Crippen LogP contribution is 1.92. The van der Waals surface area contributed by atoms with E-state index in [0.717, 1.165) is 0 Å². The number of aliphatic hydroxyl groups excluding tert-OH is 1. The summed E-state index contributed by atoms with van der Waals surface area (Å²) in [7, 11) is 0. The molecule has 14 heavy (non-hydrogen) atoms. The third kappa shape index (κ3) is 2.82. The molecule has 6 heteroatoms. The van der Waals surface area contributed by atoms with Crippen LogP contribution in [0.5, 0.6) is 0 Å². The number of aromatic amines is 1. The maximum Gasteiger partial charge on any atom is 0.269 e. The number of aromatic nitrogens is 2. The highest BCUT2D eigenvalue weighted by molar-refractivity contribution is 5.92. The van der Waals surface area contributed by atoms with Crippen molar-refractivity contribution in [3.05, 3.63) is 18.0 Å². The summed E-state index contributed by atoms with van der Waals surface area (Å²) in [6.45, 7) is 1.81. The van der Waals surface area contributed by atoms with Crippen molar-refractivity contribution in [3.63, 3.8) is 0 Å². The Morgan fingerprint density at radius 1 is 1.86 bits per heavy atom. The van der Waals surface area contributed by atoms with Crippen LogP contribution < -0.4 is 11.1 Å². The van der Waals surface area contributed by atoms with Crippen LogP contribution in [-0.2, 0) is 0 Å². The molecule has 6 nitrogen and oxygen atoms in total. The molecule has 2 unspecified atom stereocenters. The van der Waals surface area contributed by atoms with E-state index < -0.39 is 12.1 Å². The molecule has 0 aromatic carbocycles. The first-order valence-corrected chi connectivity index (χ1v) is 4.32. The maximum absolute atomic E-state index is 11.3. The molecule has 0 aliphatic rings. The van der Waals surface area contributed by atoms with Gasteiger partial charge in [-0.1, -0.05) is 0 Å². The smallest absolute Gasteiger partial charge is 0.269 e. The molecule has 1 rings (SSSR count). The van der Waals surface area contributed by atoms with Gasteiger partial charge in [-0.25, -0.2) is 0 Å². The van der Waals surface area contributed by atoms with Gasteiger partial charge in [0.15, 0.2) is 0 Å². The number of amides is 1. The minimum Gasteiger partial charge on any atom is -0.392 e. The lowest BCUT2D eigenvalue weighted by Gasteiger charge is -2.14. The third-order valence-corrected chi connectivity index (χ3v) is 1.86. The van der Waals surface area contributed by atoms with E-state index in [1.165, 1.54) is 6.20 Å². The standard InChI is InChI=1S/C8H14N4O2/c1-5(13)6(9)4-10-8(14)7-2-3-11-12-7/h2-3,5-6,13H,4,9H2,1H3,(H,10,14)(H,11,12). The van der Waals surface area contributed by atoms with Gasteiger partial charge in [0.2, 0.25) is 0 Å². The topological polar surface area (TPSA) is 104 Å². The van der Waals surface area contributed by atoms with Crippen LogP contribution in [0.2, 0.25) is 0 Å². The van der Waals surface area contributed by atoms with E-state index in [0.29, 0.717) is 5.69 Å². The first kappa shape index (κ1) is 10.7. The number of aliphatic hydroxyl groups is 1. The minimum absolute atomic E-state index is 0.232. The average molecular weight is 198 g/mol.